The first-order valence-electron chi connectivity index (χ1n) is 8.77. The van der Waals surface area contributed by atoms with E-state index in [9.17, 15) is 4.79 Å². The van der Waals surface area contributed by atoms with Crippen LogP contribution in [0.25, 0.3) is 0 Å². The highest BCUT2D eigenvalue weighted by atomic mass is 35.5. The second kappa shape index (κ2) is 6.81. The predicted molar refractivity (Wildman–Crippen MR) is 91.9 cm³/mol. The summed E-state index contributed by atoms with van der Waals surface area (Å²) in [5.74, 6) is 1.59. The second-order valence-corrected chi connectivity index (χ2v) is 7.26. The Morgan fingerprint density at radius 3 is 2.57 bits per heavy atom. The van der Waals surface area contributed by atoms with Crippen molar-refractivity contribution in [1.29, 1.82) is 0 Å². The molecule has 1 atom stereocenters. The zero-order valence-electron chi connectivity index (χ0n) is 13.8. The summed E-state index contributed by atoms with van der Waals surface area (Å²) >= 11 is 0. The zero-order chi connectivity index (χ0) is 15.1. The first-order valence-corrected chi connectivity index (χ1v) is 8.77. The molecular formula is C17H27ClN4O. The second-order valence-electron chi connectivity index (χ2n) is 7.26. The molecule has 0 bridgehead atoms. The van der Waals surface area contributed by atoms with Crippen LogP contribution in [0.5, 0.6) is 0 Å². The third kappa shape index (κ3) is 3.56. The van der Waals surface area contributed by atoms with Gasteiger partial charge in [-0.15, -0.1) is 12.4 Å². The number of nitrogens with zero attached hydrogens (tertiary/aromatic N) is 3. The molecule has 1 aromatic rings. The Balaban J connectivity index is 0.00000156. The minimum absolute atomic E-state index is 0. The summed E-state index contributed by atoms with van der Waals surface area (Å²) in [4.78, 5) is 14.8. The van der Waals surface area contributed by atoms with Gasteiger partial charge in [-0.2, -0.15) is 5.10 Å². The summed E-state index contributed by atoms with van der Waals surface area (Å²) in [6.07, 6.45) is 9.47. The van der Waals surface area contributed by atoms with Gasteiger partial charge in [0.25, 0.3) is 5.91 Å². The number of halogens is 1. The van der Waals surface area contributed by atoms with Crippen LogP contribution >= 0.6 is 12.4 Å². The maximum absolute atomic E-state index is 12.8. The Morgan fingerprint density at radius 2 is 2.00 bits per heavy atom. The SMILES string of the molecule is CN(C(=O)c1ccn(C2CCCNC2)n1)C(C1CC1)C1CC1.Cl. The highest BCUT2D eigenvalue weighted by Gasteiger charge is 2.45. The molecule has 5 nitrogen and oxygen atoms in total. The molecule has 1 aromatic heterocycles. The van der Waals surface area contributed by atoms with Crippen molar-refractivity contribution >= 4 is 18.3 Å². The van der Waals surface area contributed by atoms with Crippen LogP contribution in [0.3, 0.4) is 0 Å². The molecule has 3 aliphatic rings. The van der Waals surface area contributed by atoms with E-state index in [1.165, 1.54) is 32.1 Å². The Morgan fingerprint density at radius 1 is 1.30 bits per heavy atom. The van der Waals surface area contributed by atoms with E-state index in [0.717, 1.165) is 31.3 Å². The van der Waals surface area contributed by atoms with Gasteiger partial charge in [0.1, 0.15) is 5.69 Å². The quantitative estimate of drug-likeness (QED) is 0.897. The molecule has 4 rings (SSSR count). The molecule has 23 heavy (non-hydrogen) atoms. The van der Waals surface area contributed by atoms with Gasteiger partial charge in [0.2, 0.25) is 0 Å². The van der Waals surface area contributed by atoms with Crippen LogP contribution in [0, 0.1) is 11.8 Å². The molecule has 2 saturated carbocycles. The van der Waals surface area contributed by atoms with E-state index >= 15 is 0 Å². The zero-order valence-corrected chi connectivity index (χ0v) is 14.6. The lowest BCUT2D eigenvalue weighted by atomic mass is 10.1. The molecule has 1 saturated heterocycles. The molecule has 2 aliphatic carbocycles. The standard InChI is InChI=1S/C17H26N4O.ClH/c1-20(16(12-4-5-12)13-6-7-13)17(22)15-8-10-21(19-15)14-3-2-9-18-11-14;/h8,10,12-14,16,18H,2-7,9,11H2,1H3;1H. The molecule has 0 radical (unpaired) electrons. The van der Waals surface area contributed by atoms with Gasteiger partial charge in [-0.05, 0) is 63.0 Å². The van der Waals surface area contributed by atoms with E-state index in [1.54, 1.807) is 0 Å². The summed E-state index contributed by atoms with van der Waals surface area (Å²) in [6.45, 7) is 2.05. The van der Waals surface area contributed by atoms with Crippen LogP contribution in [0.1, 0.15) is 55.1 Å². The van der Waals surface area contributed by atoms with E-state index in [2.05, 4.69) is 10.4 Å². The van der Waals surface area contributed by atoms with Crippen LogP contribution in [-0.4, -0.2) is 46.8 Å². The number of amides is 1. The van der Waals surface area contributed by atoms with Crippen LogP contribution in [0.4, 0.5) is 0 Å². The summed E-state index contributed by atoms with van der Waals surface area (Å²) in [5.41, 5.74) is 0.611. The smallest absolute Gasteiger partial charge is 0.274 e. The number of hydrogen-bond donors (Lipinski definition) is 1. The normalized spacial score (nSPS) is 24.3. The highest BCUT2D eigenvalue weighted by Crippen LogP contribution is 2.47. The molecule has 128 valence electrons. The van der Waals surface area contributed by atoms with E-state index in [0.29, 0.717) is 17.8 Å². The first kappa shape index (κ1) is 16.8. The van der Waals surface area contributed by atoms with Crippen molar-refractivity contribution in [2.45, 2.75) is 50.6 Å². The number of carbonyl (C=O) groups is 1. The molecule has 1 unspecified atom stereocenters. The van der Waals surface area contributed by atoms with Gasteiger partial charge >= 0.3 is 0 Å². The highest BCUT2D eigenvalue weighted by molar-refractivity contribution is 5.92. The van der Waals surface area contributed by atoms with Gasteiger partial charge in [0.15, 0.2) is 0 Å². The van der Waals surface area contributed by atoms with Crippen molar-refractivity contribution in [3.63, 3.8) is 0 Å². The van der Waals surface area contributed by atoms with Crippen molar-refractivity contribution in [1.82, 2.24) is 20.0 Å². The van der Waals surface area contributed by atoms with Crippen molar-refractivity contribution in [3.05, 3.63) is 18.0 Å². The molecule has 1 N–H and O–H groups in total. The van der Waals surface area contributed by atoms with Gasteiger partial charge in [0.05, 0.1) is 6.04 Å². The van der Waals surface area contributed by atoms with Crippen molar-refractivity contribution in [2.75, 3.05) is 20.1 Å². The third-order valence-electron chi connectivity index (χ3n) is 5.45. The molecular weight excluding hydrogens is 312 g/mol. The van der Waals surface area contributed by atoms with E-state index in [4.69, 9.17) is 0 Å². The molecule has 2 heterocycles. The fraction of sp³-hybridized carbons (Fsp3) is 0.765. The Kier molecular flexibility index (Phi) is 4.97. The molecule has 0 spiro atoms. The third-order valence-corrected chi connectivity index (χ3v) is 5.45. The van der Waals surface area contributed by atoms with Crippen molar-refractivity contribution < 1.29 is 4.79 Å². The molecule has 1 amide bonds. The fourth-order valence-corrected chi connectivity index (χ4v) is 3.92. The van der Waals surface area contributed by atoms with E-state index in [1.807, 2.05) is 28.9 Å². The maximum atomic E-state index is 12.8. The van der Waals surface area contributed by atoms with Crippen LogP contribution < -0.4 is 5.32 Å². The van der Waals surface area contributed by atoms with E-state index in [-0.39, 0.29) is 18.3 Å². The molecule has 6 heteroatoms. The summed E-state index contributed by atoms with van der Waals surface area (Å²) < 4.78 is 1.98. The Labute approximate surface area is 144 Å². The molecule has 3 fully saturated rings. The largest absolute Gasteiger partial charge is 0.337 e. The first-order chi connectivity index (χ1) is 10.7. The average Bonchev–Trinajstić information content (AvgIpc) is 3.49. The monoisotopic (exact) mass is 338 g/mol. The average molecular weight is 339 g/mol. The molecule has 1 aliphatic heterocycles. The lowest BCUT2D eigenvalue weighted by Gasteiger charge is -2.28. The minimum atomic E-state index is 0. The van der Waals surface area contributed by atoms with Crippen molar-refractivity contribution in [2.24, 2.45) is 11.8 Å². The summed E-state index contributed by atoms with van der Waals surface area (Å²) in [5, 5.41) is 7.99. The van der Waals surface area contributed by atoms with Gasteiger partial charge in [-0.3, -0.25) is 9.48 Å². The Hall–Kier alpha value is -1.07. The number of carbonyl (C=O) groups excluding carboxylic acids is 1. The number of nitrogens with one attached hydrogen (secondary N) is 1. The number of hydrogen-bond acceptors (Lipinski definition) is 3. The number of rotatable bonds is 5. The topological polar surface area (TPSA) is 50.2 Å². The lowest BCUT2D eigenvalue weighted by molar-refractivity contribution is 0.0682. The Bertz CT molecular complexity index is 535. The van der Waals surface area contributed by atoms with Gasteiger partial charge in [0, 0.05) is 25.8 Å². The summed E-state index contributed by atoms with van der Waals surface area (Å²) in [6, 6.07) is 2.74. The van der Waals surface area contributed by atoms with Gasteiger partial charge < -0.3 is 10.2 Å². The van der Waals surface area contributed by atoms with Gasteiger partial charge in [-0.1, -0.05) is 0 Å². The number of aromatic nitrogens is 2. The predicted octanol–water partition coefficient (Wildman–Crippen LogP) is 2.49. The molecule has 0 aromatic carbocycles. The van der Waals surface area contributed by atoms with Gasteiger partial charge in [-0.25, -0.2) is 0 Å². The maximum Gasteiger partial charge on any atom is 0.274 e. The van der Waals surface area contributed by atoms with Crippen LogP contribution in [0.15, 0.2) is 12.3 Å². The lowest BCUT2D eigenvalue weighted by Crippen LogP contribution is -2.40. The van der Waals surface area contributed by atoms with Crippen molar-refractivity contribution in [3.8, 4) is 0 Å². The van der Waals surface area contributed by atoms with Crippen LogP contribution in [0.2, 0.25) is 0 Å². The number of piperidine rings is 1. The minimum Gasteiger partial charge on any atom is -0.337 e. The van der Waals surface area contributed by atoms with E-state index < -0.39 is 0 Å². The van der Waals surface area contributed by atoms with Crippen LogP contribution in [-0.2, 0) is 0 Å². The fourth-order valence-electron chi connectivity index (χ4n) is 3.92. The summed E-state index contributed by atoms with van der Waals surface area (Å²) in [7, 11) is 1.98.